The number of rotatable bonds is 4. The van der Waals surface area contributed by atoms with Crippen molar-refractivity contribution in [3.05, 3.63) is 35.8 Å². The molecule has 0 atom stereocenters. The molecule has 20 heavy (non-hydrogen) atoms. The number of fused-ring (bicyclic) bond motifs is 1. The van der Waals surface area contributed by atoms with E-state index >= 15 is 0 Å². The van der Waals surface area contributed by atoms with Crippen molar-refractivity contribution in [3.63, 3.8) is 0 Å². The molecule has 0 aromatic carbocycles. The first-order valence-electron chi connectivity index (χ1n) is 6.74. The Kier molecular flexibility index (Phi) is 3.60. The van der Waals surface area contributed by atoms with E-state index in [2.05, 4.69) is 25.4 Å². The highest BCUT2D eigenvalue weighted by Crippen LogP contribution is 2.22. The van der Waals surface area contributed by atoms with Crippen LogP contribution in [0.1, 0.15) is 18.3 Å². The Bertz CT molecular complexity index is 596. The van der Waals surface area contributed by atoms with E-state index in [4.69, 9.17) is 0 Å². The van der Waals surface area contributed by atoms with Crippen molar-refractivity contribution in [2.24, 2.45) is 0 Å². The summed E-state index contributed by atoms with van der Waals surface area (Å²) in [5, 5.41) is 11.2. The minimum atomic E-state index is -0.304. The Hall–Kier alpha value is -2.02. The number of hydrogen-bond donors (Lipinski definition) is 1. The molecule has 3 rings (SSSR count). The number of nitrogens with one attached hydrogen (secondary N) is 1. The van der Waals surface area contributed by atoms with Gasteiger partial charge in [0.1, 0.15) is 18.0 Å². The van der Waals surface area contributed by atoms with Crippen LogP contribution in [0.5, 0.6) is 0 Å². The molecule has 3 heterocycles. The van der Waals surface area contributed by atoms with Crippen molar-refractivity contribution >= 4 is 5.82 Å². The predicted molar refractivity (Wildman–Crippen MR) is 72.6 cm³/mol. The number of anilines is 1. The second kappa shape index (κ2) is 5.54. The average molecular weight is 276 g/mol. The lowest BCUT2D eigenvalue weighted by atomic mass is 10.2. The molecule has 2 aromatic rings. The lowest BCUT2D eigenvalue weighted by molar-refractivity contribution is 0.550. The maximum absolute atomic E-state index is 13.4. The highest BCUT2D eigenvalue weighted by atomic mass is 19.1. The van der Waals surface area contributed by atoms with E-state index in [0.29, 0.717) is 13.1 Å². The molecule has 106 valence electrons. The molecule has 6 nitrogen and oxygen atoms in total. The predicted octanol–water partition coefficient (Wildman–Crippen LogP) is 0.942. The van der Waals surface area contributed by atoms with E-state index in [1.807, 2.05) is 11.5 Å². The molecule has 0 bridgehead atoms. The van der Waals surface area contributed by atoms with Crippen molar-refractivity contribution < 1.29 is 4.39 Å². The van der Waals surface area contributed by atoms with Crippen LogP contribution >= 0.6 is 0 Å². The van der Waals surface area contributed by atoms with Crippen LogP contribution in [0.25, 0.3) is 0 Å². The molecule has 0 fully saturated rings. The van der Waals surface area contributed by atoms with Crippen molar-refractivity contribution in [1.82, 2.24) is 25.1 Å². The molecule has 0 spiro atoms. The van der Waals surface area contributed by atoms with Crippen LogP contribution in [0, 0.1) is 5.82 Å². The maximum Gasteiger partial charge on any atom is 0.152 e. The molecule has 7 heteroatoms. The van der Waals surface area contributed by atoms with Crippen LogP contribution in [-0.4, -0.2) is 32.8 Å². The van der Waals surface area contributed by atoms with Crippen molar-refractivity contribution in [2.45, 2.75) is 26.6 Å². The van der Waals surface area contributed by atoms with Gasteiger partial charge < -0.3 is 14.8 Å². The first-order chi connectivity index (χ1) is 9.78. The first kappa shape index (κ1) is 13.0. The summed E-state index contributed by atoms with van der Waals surface area (Å²) in [6.45, 7) is 5.77. The van der Waals surface area contributed by atoms with Gasteiger partial charge in [-0.05, 0) is 12.6 Å². The van der Waals surface area contributed by atoms with Gasteiger partial charge in [0.2, 0.25) is 0 Å². The van der Waals surface area contributed by atoms with Gasteiger partial charge in [0.15, 0.2) is 5.82 Å². The van der Waals surface area contributed by atoms with Gasteiger partial charge in [-0.1, -0.05) is 6.92 Å². The number of aromatic nitrogens is 4. The van der Waals surface area contributed by atoms with E-state index < -0.39 is 0 Å². The van der Waals surface area contributed by atoms with Gasteiger partial charge in [-0.3, -0.25) is 0 Å². The van der Waals surface area contributed by atoms with Crippen molar-refractivity contribution in [2.75, 3.05) is 18.0 Å². The topological polar surface area (TPSA) is 58.9 Å². The van der Waals surface area contributed by atoms with Gasteiger partial charge in [-0.2, -0.15) is 0 Å². The van der Waals surface area contributed by atoms with Crippen LogP contribution in [-0.2, 0) is 19.6 Å². The molecule has 1 N–H and O–H groups in total. The summed E-state index contributed by atoms with van der Waals surface area (Å²) in [7, 11) is 0. The third-order valence-electron chi connectivity index (χ3n) is 3.41. The third kappa shape index (κ3) is 2.49. The smallest absolute Gasteiger partial charge is 0.152 e. The Morgan fingerprint density at radius 3 is 3.15 bits per heavy atom. The Morgan fingerprint density at radius 2 is 2.30 bits per heavy atom. The van der Waals surface area contributed by atoms with Crippen LogP contribution in [0.4, 0.5) is 10.2 Å². The maximum atomic E-state index is 13.4. The highest BCUT2D eigenvalue weighted by molar-refractivity contribution is 5.47. The number of nitrogens with zero attached hydrogens (tertiary/aromatic N) is 5. The van der Waals surface area contributed by atoms with E-state index in [0.717, 1.165) is 36.8 Å². The number of halogens is 1. The van der Waals surface area contributed by atoms with Crippen LogP contribution in [0.15, 0.2) is 18.6 Å². The fraction of sp³-hybridized carbons (Fsp3) is 0.462. The summed E-state index contributed by atoms with van der Waals surface area (Å²) in [5.41, 5.74) is 0.875. The normalized spacial score (nSPS) is 14.4. The fourth-order valence-corrected chi connectivity index (χ4v) is 2.40. The SMILES string of the molecule is CCNCc1cc(F)cnc1N1CCn2cnnc2C1. The Balaban J connectivity index is 1.86. The Morgan fingerprint density at radius 1 is 1.40 bits per heavy atom. The first-order valence-corrected chi connectivity index (χ1v) is 6.74. The molecule has 0 amide bonds. The molecule has 0 saturated heterocycles. The molecule has 0 aliphatic carbocycles. The standard InChI is InChI=1S/C13H17FN6/c1-2-15-6-10-5-11(14)7-16-13(10)19-3-4-20-9-17-18-12(20)8-19/h5,7,9,15H,2-4,6,8H2,1H3. The van der Waals surface area contributed by atoms with Crippen molar-refractivity contribution in [1.29, 1.82) is 0 Å². The largest absolute Gasteiger partial charge is 0.347 e. The number of pyridine rings is 1. The van der Waals surface area contributed by atoms with Crippen LogP contribution < -0.4 is 10.2 Å². The molecule has 0 radical (unpaired) electrons. The number of hydrogen-bond acceptors (Lipinski definition) is 5. The summed E-state index contributed by atoms with van der Waals surface area (Å²) in [5.74, 6) is 1.43. The lowest BCUT2D eigenvalue weighted by Crippen LogP contribution is -2.35. The zero-order valence-electron chi connectivity index (χ0n) is 11.4. The third-order valence-corrected chi connectivity index (χ3v) is 3.41. The van der Waals surface area contributed by atoms with Gasteiger partial charge in [-0.15, -0.1) is 10.2 Å². The zero-order valence-corrected chi connectivity index (χ0v) is 11.4. The zero-order chi connectivity index (χ0) is 13.9. The molecule has 0 saturated carbocycles. The lowest BCUT2D eigenvalue weighted by Gasteiger charge is -2.29. The molecular weight excluding hydrogens is 259 g/mol. The molecule has 1 aliphatic rings. The molecule has 1 aliphatic heterocycles. The summed E-state index contributed by atoms with van der Waals surface area (Å²) >= 11 is 0. The molecule has 2 aromatic heterocycles. The van der Waals surface area contributed by atoms with Gasteiger partial charge in [0.25, 0.3) is 0 Å². The van der Waals surface area contributed by atoms with Gasteiger partial charge in [0, 0.05) is 25.2 Å². The molecular formula is C13H17FN6. The van der Waals surface area contributed by atoms with E-state index in [-0.39, 0.29) is 5.82 Å². The quantitative estimate of drug-likeness (QED) is 0.900. The summed E-state index contributed by atoms with van der Waals surface area (Å²) in [6, 6.07) is 1.55. The van der Waals surface area contributed by atoms with Crippen molar-refractivity contribution in [3.8, 4) is 0 Å². The van der Waals surface area contributed by atoms with Crippen LogP contribution in [0.3, 0.4) is 0 Å². The molecule has 0 unspecified atom stereocenters. The summed E-state index contributed by atoms with van der Waals surface area (Å²) in [6.07, 6.45) is 3.01. The highest BCUT2D eigenvalue weighted by Gasteiger charge is 2.21. The van der Waals surface area contributed by atoms with E-state index in [1.165, 1.54) is 6.20 Å². The minimum absolute atomic E-state index is 0.304. The van der Waals surface area contributed by atoms with Gasteiger partial charge in [-0.25, -0.2) is 9.37 Å². The Labute approximate surface area is 116 Å². The summed E-state index contributed by atoms with van der Waals surface area (Å²) in [4.78, 5) is 6.39. The second-order valence-electron chi connectivity index (χ2n) is 4.78. The average Bonchev–Trinajstić information content (AvgIpc) is 2.92. The van der Waals surface area contributed by atoms with Gasteiger partial charge >= 0.3 is 0 Å². The monoisotopic (exact) mass is 276 g/mol. The second-order valence-corrected chi connectivity index (χ2v) is 4.78. The summed E-state index contributed by atoms with van der Waals surface area (Å²) < 4.78 is 15.4. The minimum Gasteiger partial charge on any atom is -0.347 e. The fourth-order valence-electron chi connectivity index (χ4n) is 2.40. The van der Waals surface area contributed by atoms with E-state index in [9.17, 15) is 4.39 Å². The van der Waals surface area contributed by atoms with E-state index in [1.54, 1.807) is 12.4 Å². The van der Waals surface area contributed by atoms with Crippen LogP contribution in [0.2, 0.25) is 0 Å². The van der Waals surface area contributed by atoms with Gasteiger partial charge in [0.05, 0.1) is 12.7 Å².